The third-order valence-corrected chi connectivity index (χ3v) is 8.53. The Bertz CT molecular complexity index is 1380. The molecule has 2 aromatic heterocycles. The molecule has 0 spiro atoms. The van der Waals surface area contributed by atoms with Gasteiger partial charge >= 0.3 is 6.18 Å². The Balaban J connectivity index is 1.52. The Morgan fingerprint density at radius 1 is 1.13 bits per heavy atom. The van der Waals surface area contributed by atoms with E-state index in [-0.39, 0.29) is 34.1 Å². The van der Waals surface area contributed by atoms with Crippen LogP contribution in [0, 0.1) is 12.7 Å². The summed E-state index contributed by atoms with van der Waals surface area (Å²) in [6.45, 7) is 1.47. The lowest BCUT2D eigenvalue weighted by Gasteiger charge is -2.39. The van der Waals surface area contributed by atoms with E-state index in [9.17, 15) is 21.6 Å². The number of rotatable bonds is 7. The Hall–Kier alpha value is -3.12. The second kappa shape index (κ2) is 10.9. The fraction of sp³-hybridized carbons (Fsp3) is 0.423. The molecule has 7 nitrogen and oxygen atoms in total. The summed E-state index contributed by atoms with van der Waals surface area (Å²) >= 11 is 0. The normalized spacial score (nSPS) is 20.5. The fourth-order valence-corrected chi connectivity index (χ4v) is 6.32. The molecule has 1 aromatic carbocycles. The summed E-state index contributed by atoms with van der Waals surface area (Å²) in [5, 5.41) is 0. The zero-order valence-electron chi connectivity index (χ0n) is 21.1. The maximum absolute atomic E-state index is 15.1. The molecule has 38 heavy (non-hydrogen) atoms. The summed E-state index contributed by atoms with van der Waals surface area (Å²) in [5.41, 5.74) is 0.274. The average Bonchev–Trinajstić information content (AvgIpc) is 2.86. The van der Waals surface area contributed by atoms with Crippen molar-refractivity contribution in [2.24, 2.45) is 0 Å². The van der Waals surface area contributed by atoms with Gasteiger partial charge < -0.3 is 9.64 Å². The quantitative estimate of drug-likeness (QED) is 0.383. The number of hydrogen-bond acceptors (Lipinski definition) is 7. The Labute approximate surface area is 218 Å². The van der Waals surface area contributed by atoms with E-state index < -0.39 is 39.3 Å². The molecule has 1 aliphatic rings. The summed E-state index contributed by atoms with van der Waals surface area (Å²) in [6.07, 6.45) is -0.755. The Kier molecular flexibility index (Phi) is 8.03. The van der Waals surface area contributed by atoms with Gasteiger partial charge in [-0.3, -0.25) is 0 Å². The highest BCUT2D eigenvalue weighted by Crippen LogP contribution is 2.39. The van der Waals surface area contributed by atoms with E-state index in [0.29, 0.717) is 24.8 Å². The molecule has 0 bridgehead atoms. The maximum Gasteiger partial charge on any atom is 0.416 e. The molecule has 0 N–H and O–H groups in total. The molecule has 0 amide bonds. The lowest BCUT2D eigenvalue weighted by Crippen LogP contribution is -2.46. The molecular formula is C26H28F4N4O3S. The summed E-state index contributed by atoms with van der Waals surface area (Å²) in [6, 6.07) is 7.48. The first-order chi connectivity index (χ1) is 17.8. The summed E-state index contributed by atoms with van der Waals surface area (Å²) in [5.74, 6) is -1.77. The third-order valence-electron chi connectivity index (χ3n) is 6.77. The molecule has 2 heterocycles. The van der Waals surface area contributed by atoms with Gasteiger partial charge in [-0.15, -0.1) is 0 Å². The van der Waals surface area contributed by atoms with Gasteiger partial charge in [-0.2, -0.15) is 13.2 Å². The number of pyridine rings is 1. The zero-order chi connectivity index (χ0) is 27.7. The molecule has 0 saturated heterocycles. The second-order valence-corrected chi connectivity index (χ2v) is 11.6. The first-order valence-electron chi connectivity index (χ1n) is 12.0. The predicted octanol–water partition coefficient (Wildman–Crippen LogP) is 4.96. The van der Waals surface area contributed by atoms with Gasteiger partial charge in [0.2, 0.25) is 0 Å². The van der Waals surface area contributed by atoms with Crippen molar-refractivity contribution in [3.8, 4) is 5.88 Å². The van der Waals surface area contributed by atoms with Crippen molar-refractivity contribution >= 4 is 9.84 Å². The summed E-state index contributed by atoms with van der Waals surface area (Å²) < 4.78 is 86.5. The second-order valence-electron chi connectivity index (χ2n) is 9.64. The van der Waals surface area contributed by atoms with Crippen LogP contribution in [-0.4, -0.2) is 54.5 Å². The lowest BCUT2D eigenvalue weighted by molar-refractivity contribution is -0.137. The average molecular weight is 553 g/mol. The number of aromatic nitrogens is 3. The third kappa shape index (κ3) is 6.29. The van der Waals surface area contributed by atoms with Crippen molar-refractivity contribution in [1.29, 1.82) is 0 Å². The molecule has 1 aliphatic carbocycles. The van der Waals surface area contributed by atoms with Crippen molar-refractivity contribution in [2.75, 3.05) is 14.1 Å². The van der Waals surface area contributed by atoms with Gasteiger partial charge in [-0.25, -0.2) is 27.8 Å². The van der Waals surface area contributed by atoms with Crippen LogP contribution in [0.3, 0.4) is 0 Å². The Morgan fingerprint density at radius 2 is 1.89 bits per heavy atom. The van der Waals surface area contributed by atoms with Crippen molar-refractivity contribution in [2.45, 2.75) is 61.1 Å². The molecule has 1 fully saturated rings. The van der Waals surface area contributed by atoms with Crippen LogP contribution in [0.1, 0.15) is 47.7 Å². The highest BCUT2D eigenvalue weighted by molar-refractivity contribution is 7.90. The van der Waals surface area contributed by atoms with Crippen LogP contribution >= 0.6 is 0 Å². The number of aryl methyl sites for hydroxylation is 1. The summed E-state index contributed by atoms with van der Waals surface area (Å²) in [4.78, 5) is 13.5. The minimum atomic E-state index is -4.42. The molecule has 3 aromatic rings. The number of likely N-dealkylation sites (N-methyl/N-ethyl adjacent to an activating group) is 1. The molecule has 12 heteroatoms. The van der Waals surface area contributed by atoms with Crippen molar-refractivity contribution < 1.29 is 30.7 Å². The minimum absolute atomic E-state index is 0.0921. The standard InChI is InChI=1S/C26H28F4N4O3S/c1-16-24(38(35,36)14-20-9-10-31-15-32-20)13-21(27)25(33-16)37-23-8-7-18(12-22(23)34(2)3)17-5-4-6-19(11-17)26(28,29)30/h4-6,9-11,13,15,18,22-23H,7-8,12,14H2,1-3H3/t18-,22-,23-/m0/s1. The van der Waals surface area contributed by atoms with Gasteiger partial charge in [-0.1, -0.05) is 18.2 Å². The van der Waals surface area contributed by atoms with Crippen LogP contribution in [0.25, 0.3) is 0 Å². The van der Waals surface area contributed by atoms with Crippen LogP contribution in [0.4, 0.5) is 17.6 Å². The molecule has 4 rings (SSSR count). The minimum Gasteiger partial charge on any atom is -0.471 e. The molecular weight excluding hydrogens is 524 g/mol. The van der Waals surface area contributed by atoms with E-state index in [1.807, 2.05) is 19.0 Å². The lowest BCUT2D eigenvalue weighted by atomic mass is 9.79. The number of sulfone groups is 1. The first-order valence-corrected chi connectivity index (χ1v) is 13.7. The number of hydrogen-bond donors (Lipinski definition) is 0. The van der Waals surface area contributed by atoms with E-state index in [2.05, 4.69) is 15.0 Å². The van der Waals surface area contributed by atoms with Gasteiger partial charge in [0, 0.05) is 12.2 Å². The van der Waals surface area contributed by atoms with Gasteiger partial charge in [0.25, 0.3) is 5.88 Å². The van der Waals surface area contributed by atoms with Crippen LogP contribution < -0.4 is 4.74 Å². The molecule has 3 atom stereocenters. The Morgan fingerprint density at radius 3 is 2.55 bits per heavy atom. The smallest absolute Gasteiger partial charge is 0.416 e. The van der Waals surface area contributed by atoms with Crippen LogP contribution in [0.15, 0.2) is 53.8 Å². The number of halogens is 4. The van der Waals surface area contributed by atoms with Crippen molar-refractivity contribution in [1.82, 2.24) is 19.9 Å². The number of benzene rings is 1. The monoisotopic (exact) mass is 552 g/mol. The highest BCUT2D eigenvalue weighted by Gasteiger charge is 2.37. The van der Waals surface area contributed by atoms with E-state index in [0.717, 1.165) is 12.1 Å². The van der Waals surface area contributed by atoms with Crippen LogP contribution in [-0.2, 0) is 21.8 Å². The van der Waals surface area contributed by atoms with Crippen molar-refractivity contribution in [3.05, 3.63) is 77.3 Å². The fourth-order valence-electron chi connectivity index (χ4n) is 4.83. The molecule has 0 unspecified atom stereocenters. The van der Waals surface area contributed by atoms with Crippen LogP contribution in [0.2, 0.25) is 0 Å². The van der Waals surface area contributed by atoms with E-state index in [1.54, 1.807) is 6.07 Å². The molecule has 0 radical (unpaired) electrons. The molecule has 1 saturated carbocycles. The first kappa shape index (κ1) is 27.9. The number of ether oxygens (including phenoxy) is 1. The molecule has 0 aliphatic heterocycles. The van der Waals surface area contributed by atoms with E-state index in [4.69, 9.17) is 4.74 Å². The van der Waals surface area contributed by atoms with E-state index in [1.165, 1.54) is 37.6 Å². The van der Waals surface area contributed by atoms with Crippen LogP contribution in [0.5, 0.6) is 5.88 Å². The zero-order valence-corrected chi connectivity index (χ0v) is 21.9. The molecule has 204 valence electrons. The topological polar surface area (TPSA) is 85.3 Å². The maximum atomic E-state index is 15.1. The van der Waals surface area contributed by atoms with Gasteiger partial charge in [0.1, 0.15) is 12.4 Å². The summed E-state index contributed by atoms with van der Waals surface area (Å²) in [7, 11) is -0.276. The number of alkyl halides is 3. The van der Waals surface area contributed by atoms with Crippen molar-refractivity contribution in [3.63, 3.8) is 0 Å². The van der Waals surface area contributed by atoms with Gasteiger partial charge in [0.05, 0.1) is 27.6 Å². The van der Waals surface area contributed by atoms with Gasteiger partial charge in [-0.05, 0) is 70.0 Å². The van der Waals surface area contributed by atoms with E-state index >= 15 is 4.39 Å². The highest BCUT2D eigenvalue weighted by atomic mass is 32.2. The SMILES string of the molecule is Cc1nc(O[C@H]2CC[C@H](c3cccc(C(F)(F)F)c3)C[C@@H]2N(C)C)c(F)cc1S(=O)(=O)Cc1ccncn1. The predicted molar refractivity (Wildman–Crippen MR) is 132 cm³/mol. The number of nitrogens with zero attached hydrogens (tertiary/aromatic N) is 4. The largest absolute Gasteiger partial charge is 0.471 e. The van der Waals surface area contributed by atoms with Gasteiger partial charge in [0.15, 0.2) is 15.7 Å².